The van der Waals surface area contributed by atoms with Gasteiger partial charge in [0.2, 0.25) is 0 Å². The Morgan fingerprint density at radius 3 is 1.23 bits per heavy atom. The van der Waals surface area contributed by atoms with Crippen LogP contribution in [0.5, 0.6) is 0 Å². The normalized spacial score (nSPS) is 10.2. The summed E-state index contributed by atoms with van der Waals surface area (Å²) in [6, 6.07) is 13.4. The number of benzene rings is 2. The largest absolute Gasteiger partial charge is 3.00 e. The van der Waals surface area contributed by atoms with Crippen molar-refractivity contribution in [3.8, 4) is 22.7 Å². The van der Waals surface area contributed by atoms with Crippen LogP contribution in [-0.2, 0) is 24.9 Å². The molecule has 6 nitrogen and oxygen atoms in total. The summed E-state index contributed by atoms with van der Waals surface area (Å²) in [5.41, 5.74) is 12.6. The molecule has 2 aromatic carbocycles. The first kappa shape index (κ1) is 27.7. The Bertz CT molecular complexity index is 1280. The Hall–Kier alpha value is -3.59. The van der Waals surface area contributed by atoms with Gasteiger partial charge in [0, 0.05) is 12.7 Å². The van der Waals surface area contributed by atoms with Gasteiger partial charge in [-0.05, 0) is 64.3 Å². The van der Waals surface area contributed by atoms with E-state index in [1.165, 1.54) is 44.8 Å². The van der Waals surface area contributed by atoms with Crippen molar-refractivity contribution in [2.45, 2.75) is 41.5 Å². The third-order valence-corrected chi connectivity index (χ3v) is 5.98. The van der Waals surface area contributed by atoms with Crippen molar-refractivity contribution in [3.05, 3.63) is 101 Å². The van der Waals surface area contributed by atoms with Crippen LogP contribution in [0.1, 0.15) is 33.4 Å². The topological polar surface area (TPSA) is 60.6 Å². The van der Waals surface area contributed by atoms with Crippen molar-refractivity contribution < 1.29 is 24.9 Å². The Balaban J connectivity index is 0.000000823. The summed E-state index contributed by atoms with van der Waals surface area (Å²) in [5.74, 6) is 0. The Morgan fingerprint density at radius 2 is 0.943 bits per heavy atom. The second kappa shape index (κ2) is 11.2. The van der Waals surface area contributed by atoms with Crippen LogP contribution in [0.2, 0.25) is 0 Å². The maximum atomic E-state index is 7.75. The molecule has 0 aliphatic carbocycles. The second-order valence-corrected chi connectivity index (χ2v) is 8.67. The van der Waals surface area contributed by atoms with Crippen LogP contribution in [0.25, 0.3) is 22.7 Å². The van der Waals surface area contributed by atoms with Gasteiger partial charge in [0.25, 0.3) is 0 Å². The van der Waals surface area contributed by atoms with Crippen molar-refractivity contribution in [1.82, 2.24) is 18.5 Å². The van der Waals surface area contributed by atoms with Crippen molar-refractivity contribution in [3.63, 3.8) is 0 Å². The second-order valence-electron chi connectivity index (χ2n) is 8.67. The molecule has 0 saturated heterocycles. The zero-order valence-electron chi connectivity index (χ0n) is 20.8. The van der Waals surface area contributed by atoms with E-state index in [0.717, 1.165) is 11.4 Å². The number of imidazole rings is 2. The number of fused-ring (bicyclic) bond motifs is 3. The van der Waals surface area contributed by atoms with E-state index in [0.29, 0.717) is 0 Å². The van der Waals surface area contributed by atoms with Crippen LogP contribution in [0.15, 0.2) is 61.4 Å². The quantitative estimate of drug-likeness (QED) is 0.176. The van der Waals surface area contributed by atoms with Crippen LogP contribution in [0, 0.1) is 53.4 Å². The molecule has 35 heavy (non-hydrogen) atoms. The fraction of sp³-hybridized carbons (Fsp3) is 0.214. The molecule has 0 fully saturated rings. The molecule has 3 aliphatic heterocycles. The van der Waals surface area contributed by atoms with Gasteiger partial charge < -0.3 is 35.1 Å². The monoisotopic (exact) mass is 644 g/mol. The minimum Gasteiger partial charge on any atom is -0.545 e. The van der Waals surface area contributed by atoms with E-state index in [1.807, 2.05) is 0 Å². The molecular formula is C28H29IrN5O-. The average Bonchev–Trinajstić information content (AvgIpc) is 3.39. The van der Waals surface area contributed by atoms with Crippen LogP contribution in [0.3, 0.4) is 0 Å². The maximum absolute atomic E-state index is 7.75. The summed E-state index contributed by atoms with van der Waals surface area (Å²) in [6.07, 6.45) is 8.76. The van der Waals surface area contributed by atoms with E-state index in [4.69, 9.17) is 16.6 Å². The number of carbonyl (C=O) groups excluding carboxylic acids is 1. The Labute approximate surface area is 220 Å². The summed E-state index contributed by atoms with van der Waals surface area (Å²) in [5, 5.41) is 6.25. The van der Waals surface area contributed by atoms with Gasteiger partial charge in [-0.2, -0.15) is 0 Å². The third kappa shape index (κ3) is 5.09. The predicted octanol–water partition coefficient (Wildman–Crippen LogP) is 5.96. The van der Waals surface area contributed by atoms with Crippen molar-refractivity contribution >= 4 is 6.79 Å². The first-order chi connectivity index (χ1) is 16.3. The SMILES string of the molecule is Cc1cc(C)c(-n2cc3ccc4cn(-c5c(C)cc(C)cc5C)[cH-]n-4n-3[cH-]2)c(C)c1.[C-]#N.[CH-]=O.[Ir+3]. The molecule has 182 valence electrons. The number of aryl methyl sites for hydroxylation is 6. The molecule has 0 saturated carbocycles. The van der Waals surface area contributed by atoms with Gasteiger partial charge in [-0.3, -0.25) is 6.79 Å². The van der Waals surface area contributed by atoms with Gasteiger partial charge in [-0.1, -0.05) is 82.2 Å². The molecule has 3 heterocycles. The van der Waals surface area contributed by atoms with Gasteiger partial charge in [-0.25, -0.2) is 0 Å². The van der Waals surface area contributed by atoms with Gasteiger partial charge in [0.15, 0.2) is 0 Å². The minimum absolute atomic E-state index is 0. The predicted molar refractivity (Wildman–Crippen MR) is 135 cm³/mol. The fourth-order valence-corrected chi connectivity index (χ4v) is 5.01. The number of hydrogen-bond donors (Lipinski definition) is 0. The van der Waals surface area contributed by atoms with Crippen molar-refractivity contribution in [2.24, 2.45) is 0 Å². The Morgan fingerprint density at radius 1 is 0.657 bits per heavy atom. The van der Waals surface area contributed by atoms with E-state index in [-0.39, 0.29) is 20.1 Å². The molecule has 0 spiro atoms. The van der Waals surface area contributed by atoms with E-state index in [2.05, 4.69) is 128 Å². The van der Waals surface area contributed by atoms with E-state index in [9.17, 15) is 0 Å². The molecule has 5 rings (SSSR count). The maximum Gasteiger partial charge on any atom is 3.00 e. The first-order valence-electron chi connectivity index (χ1n) is 10.9. The summed E-state index contributed by atoms with van der Waals surface area (Å²) in [6.45, 7) is 21.1. The molecule has 0 radical (unpaired) electrons. The summed E-state index contributed by atoms with van der Waals surface area (Å²) >= 11 is 0. The van der Waals surface area contributed by atoms with E-state index >= 15 is 0 Å². The van der Waals surface area contributed by atoms with Gasteiger partial charge >= 0.3 is 20.1 Å². The number of rotatable bonds is 2. The Kier molecular flexibility index (Phi) is 8.87. The molecular weight excluding hydrogens is 615 g/mol. The number of aromatic nitrogens is 4. The molecule has 0 unspecified atom stereocenters. The fourth-order valence-electron chi connectivity index (χ4n) is 5.01. The molecule has 0 atom stereocenters. The van der Waals surface area contributed by atoms with Crippen molar-refractivity contribution in [2.75, 3.05) is 0 Å². The molecule has 2 aromatic rings. The number of nitrogens with zero attached hydrogens (tertiary/aromatic N) is 5. The molecule has 0 amide bonds. The minimum atomic E-state index is 0. The zero-order valence-corrected chi connectivity index (χ0v) is 23.2. The van der Waals surface area contributed by atoms with Crippen LogP contribution >= 0.6 is 0 Å². The standard InChI is InChI=1S/C26H28N4.CN.CHO.Ir/c1-17-9-19(3)25(20(4)10-17)27-13-23-7-8-24-14-28(16-30(24)29(23)15-27)26-21(5)11-18(2)12-22(26)6;2*1-2;/h7-16H,1-6H3;;1H;/q-2;2*-1;+3. The molecule has 7 heteroatoms. The smallest absolute Gasteiger partial charge is 0.545 e. The zero-order chi connectivity index (χ0) is 25.2. The molecule has 0 aromatic heterocycles. The molecule has 3 aliphatic rings. The average molecular weight is 644 g/mol. The number of hydrogen-bond acceptors (Lipinski definition) is 2. The van der Waals surface area contributed by atoms with Gasteiger partial charge in [0.05, 0.1) is 0 Å². The van der Waals surface area contributed by atoms with E-state index in [1.54, 1.807) is 0 Å². The van der Waals surface area contributed by atoms with Crippen LogP contribution < -0.4 is 0 Å². The third-order valence-electron chi connectivity index (χ3n) is 5.98. The van der Waals surface area contributed by atoms with Gasteiger partial charge in [-0.15, -0.1) is 0 Å². The first-order valence-corrected chi connectivity index (χ1v) is 10.9. The van der Waals surface area contributed by atoms with Crippen LogP contribution in [0.4, 0.5) is 0 Å². The molecule has 0 N–H and O–H groups in total. The molecule has 0 bridgehead atoms. The van der Waals surface area contributed by atoms with Crippen molar-refractivity contribution in [1.29, 1.82) is 5.26 Å². The van der Waals surface area contributed by atoms with Gasteiger partial charge in [0.1, 0.15) is 0 Å². The summed E-state index contributed by atoms with van der Waals surface area (Å²) in [4.78, 5) is 7.75. The summed E-state index contributed by atoms with van der Waals surface area (Å²) < 4.78 is 8.91. The summed E-state index contributed by atoms with van der Waals surface area (Å²) in [7, 11) is 0. The van der Waals surface area contributed by atoms with E-state index < -0.39 is 0 Å². The van der Waals surface area contributed by atoms with Crippen LogP contribution in [-0.4, -0.2) is 25.3 Å².